The van der Waals surface area contributed by atoms with E-state index in [-0.39, 0.29) is 11.7 Å². The quantitative estimate of drug-likeness (QED) is 0.725. The lowest BCUT2D eigenvalue weighted by atomic mass is 10.1. The van der Waals surface area contributed by atoms with Gasteiger partial charge in [-0.05, 0) is 48.4 Å². The molecule has 1 N–H and O–H groups in total. The Morgan fingerprint density at radius 1 is 1.04 bits per heavy atom. The summed E-state index contributed by atoms with van der Waals surface area (Å²) in [5, 5.41) is 2.89. The van der Waals surface area contributed by atoms with E-state index in [2.05, 4.69) is 10.3 Å². The van der Waals surface area contributed by atoms with Gasteiger partial charge in [-0.1, -0.05) is 29.8 Å². The molecule has 1 amide bonds. The van der Waals surface area contributed by atoms with Gasteiger partial charge < -0.3 is 10.1 Å². The van der Waals surface area contributed by atoms with Crippen molar-refractivity contribution in [2.45, 2.75) is 19.9 Å². The van der Waals surface area contributed by atoms with E-state index < -0.39 is 0 Å². The Bertz CT molecular complexity index is 877. The predicted octanol–water partition coefficient (Wildman–Crippen LogP) is 4.18. The molecule has 0 bridgehead atoms. The summed E-state index contributed by atoms with van der Waals surface area (Å²) < 4.78 is 18.5. The van der Waals surface area contributed by atoms with Crippen LogP contribution in [0.1, 0.15) is 16.7 Å². The first-order valence-corrected chi connectivity index (χ1v) is 8.29. The Balaban J connectivity index is 1.55. The first-order chi connectivity index (χ1) is 12.6. The lowest BCUT2D eigenvalue weighted by molar-refractivity contribution is -0.120. The molecule has 132 valence electrons. The third-order valence-corrected chi connectivity index (χ3v) is 3.81. The molecular weight excluding hydrogens is 331 g/mol. The van der Waals surface area contributed by atoms with E-state index in [1.165, 1.54) is 29.8 Å². The summed E-state index contributed by atoms with van der Waals surface area (Å²) in [5.74, 6) is 0.517. The highest BCUT2D eigenvalue weighted by Crippen LogP contribution is 2.20. The molecule has 0 aliphatic carbocycles. The van der Waals surface area contributed by atoms with Crippen LogP contribution in [-0.4, -0.2) is 10.9 Å². The van der Waals surface area contributed by atoms with Crippen LogP contribution in [0.15, 0.2) is 66.9 Å². The number of pyridine rings is 1. The Morgan fingerprint density at radius 2 is 1.77 bits per heavy atom. The van der Waals surface area contributed by atoms with Gasteiger partial charge in [-0.15, -0.1) is 0 Å². The molecule has 3 aromatic rings. The highest BCUT2D eigenvalue weighted by molar-refractivity contribution is 5.78. The maximum absolute atomic E-state index is 12.9. The van der Waals surface area contributed by atoms with Gasteiger partial charge in [0.05, 0.1) is 6.42 Å². The number of aromatic nitrogens is 1. The van der Waals surface area contributed by atoms with Crippen molar-refractivity contribution in [1.82, 2.24) is 10.3 Å². The molecule has 1 heterocycles. The van der Waals surface area contributed by atoms with Gasteiger partial charge in [0.1, 0.15) is 11.6 Å². The van der Waals surface area contributed by atoms with Gasteiger partial charge in [-0.25, -0.2) is 9.37 Å². The molecule has 0 fully saturated rings. The second-order valence-corrected chi connectivity index (χ2v) is 6.00. The van der Waals surface area contributed by atoms with Crippen LogP contribution in [0.3, 0.4) is 0 Å². The fourth-order valence-corrected chi connectivity index (χ4v) is 2.39. The third-order valence-electron chi connectivity index (χ3n) is 3.81. The summed E-state index contributed by atoms with van der Waals surface area (Å²) in [5.41, 5.74) is 3.01. The van der Waals surface area contributed by atoms with E-state index in [0.29, 0.717) is 24.6 Å². The normalized spacial score (nSPS) is 10.4. The zero-order chi connectivity index (χ0) is 18.4. The second kappa shape index (κ2) is 8.25. The molecule has 0 radical (unpaired) electrons. The Labute approximate surface area is 151 Å². The van der Waals surface area contributed by atoms with E-state index in [9.17, 15) is 9.18 Å². The van der Waals surface area contributed by atoms with Crippen molar-refractivity contribution in [2.24, 2.45) is 0 Å². The minimum Gasteiger partial charge on any atom is -0.439 e. The molecule has 0 saturated heterocycles. The highest BCUT2D eigenvalue weighted by Gasteiger charge is 2.05. The molecule has 0 spiro atoms. The smallest absolute Gasteiger partial charge is 0.224 e. The van der Waals surface area contributed by atoms with Crippen molar-refractivity contribution in [3.8, 4) is 11.6 Å². The molecule has 0 saturated carbocycles. The van der Waals surface area contributed by atoms with Crippen LogP contribution in [0.25, 0.3) is 0 Å². The molecule has 0 atom stereocenters. The van der Waals surface area contributed by atoms with Gasteiger partial charge >= 0.3 is 0 Å². The van der Waals surface area contributed by atoms with Crippen molar-refractivity contribution >= 4 is 5.91 Å². The Morgan fingerprint density at radius 3 is 2.50 bits per heavy atom. The number of carbonyl (C=O) groups excluding carboxylic acids is 1. The highest BCUT2D eigenvalue weighted by atomic mass is 19.1. The van der Waals surface area contributed by atoms with Crippen LogP contribution in [0, 0.1) is 12.7 Å². The molecule has 0 aliphatic heterocycles. The van der Waals surface area contributed by atoms with E-state index in [4.69, 9.17) is 4.74 Å². The van der Waals surface area contributed by atoms with Crippen molar-refractivity contribution in [3.05, 3.63) is 89.4 Å². The van der Waals surface area contributed by atoms with Crippen LogP contribution in [0.4, 0.5) is 4.39 Å². The number of halogens is 1. The summed E-state index contributed by atoms with van der Waals surface area (Å²) in [6.45, 7) is 2.39. The molecule has 4 nitrogen and oxygen atoms in total. The fraction of sp³-hybridized carbons (Fsp3) is 0.143. The first-order valence-electron chi connectivity index (χ1n) is 8.29. The summed E-state index contributed by atoms with van der Waals surface area (Å²) in [6.07, 6.45) is 1.95. The predicted molar refractivity (Wildman–Crippen MR) is 97.4 cm³/mol. The number of rotatable bonds is 6. The zero-order valence-electron chi connectivity index (χ0n) is 14.4. The average molecular weight is 350 g/mol. The fourth-order valence-electron chi connectivity index (χ4n) is 2.39. The molecule has 5 heteroatoms. The number of amides is 1. The van der Waals surface area contributed by atoms with Crippen molar-refractivity contribution in [2.75, 3.05) is 0 Å². The molecular formula is C21H19FN2O2. The topological polar surface area (TPSA) is 51.2 Å². The number of nitrogens with zero attached hydrogens (tertiary/aromatic N) is 1. The first kappa shape index (κ1) is 17.6. The molecule has 3 rings (SSSR count). The SMILES string of the molecule is Cc1ccc(CC(=O)NCc2ccnc(Oc3ccc(F)cc3)c2)cc1. The number of benzene rings is 2. The summed E-state index contributed by atoms with van der Waals surface area (Å²) in [7, 11) is 0. The Kier molecular flexibility index (Phi) is 5.59. The Hall–Kier alpha value is -3.21. The van der Waals surface area contributed by atoms with Gasteiger partial charge in [0.2, 0.25) is 11.8 Å². The van der Waals surface area contributed by atoms with Gasteiger partial charge in [0.25, 0.3) is 0 Å². The maximum atomic E-state index is 12.9. The van der Waals surface area contributed by atoms with E-state index in [0.717, 1.165) is 11.1 Å². The summed E-state index contributed by atoms with van der Waals surface area (Å²) >= 11 is 0. The van der Waals surface area contributed by atoms with Crippen molar-refractivity contribution in [3.63, 3.8) is 0 Å². The molecule has 2 aromatic carbocycles. The number of hydrogen-bond acceptors (Lipinski definition) is 3. The molecule has 26 heavy (non-hydrogen) atoms. The number of ether oxygens (including phenoxy) is 1. The van der Waals surface area contributed by atoms with Crippen LogP contribution >= 0.6 is 0 Å². The van der Waals surface area contributed by atoms with Gasteiger partial charge in [-0.2, -0.15) is 0 Å². The standard InChI is InChI=1S/C21H19FN2O2/c1-15-2-4-16(5-3-15)12-20(25)24-14-17-10-11-23-21(13-17)26-19-8-6-18(22)7-9-19/h2-11,13H,12,14H2,1H3,(H,24,25). The molecule has 1 aromatic heterocycles. The minimum absolute atomic E-state index is 0.0494. The average Bonchev–Trinajstić information content (AvgIpc) is 2.64. The lowest BCUT2D eigenvalue weighted by Gasteiger charge is -2.08. The zero-order valence-corrected chi connectivity index (χ0v) is 14.4. The van der Waals surface area contributed by atoms with E-state index in [1.54, 1.807) is 12.3 Å². The van der Waals surface area contributed by atoms with E-state index >= 15 is 0 Å². The number of nitrogens with one attached hydrogen (secondary N) is 1. The van der Waals surface area contributed by atoms with E-state index in [1.807, 2.05) is 37.3 Å². The summed E-state index contributed by atoms with van der Waals surface area (Å²) in [6, 6.07) is 17.2. The van der Waals surface area contributed by atoms with Crippen LogP contribution in [-0.2, 0) is 17.8 Å². The molecule has 0 unspecified atom stereocenters. The van der Waals surface area contributed by atoms with Crippen LogP contribution < -0.4 is 10.1 Å². The maximum Gasteiger partial charge on any atom is 0.224 e. The van der Waals surface area contributed by atoms with Gasteiger partial charge in [0.15, 0.2) is 0 Å². The number of carbonyl (C=O) groups is 1. The van der Waals surface area contributed by atoms with Crippen molar-refractivity contribution < 1.29 is 13.9 Å². The largest absolute Gasteiger partial charge is 0.439 e. The second-order valence-electron chi connectivity index (χ2n) is 6.00. The monoisotopic (exact) mass is 350 g/mol. The lowest BCUT2D eigenvalue weighted by Crippen LogP contribution is -2.24. The third kappa shape index (κ3) is 5.14. The number of aryl methyl sites for hydroxylation is 1. The van der Waals surface area contributed by atoms with Crippen molar-refractivity contribution in [1.29, 1.82) is 0 Å². The number of hydrogen-bond donors (Lipinski definition) is 1. The summed E-state index contributed by atoms with van der Waals surface area (Å²) in [4.78, 5) is 16.2. The van der Waals surface area contributed by atoms with Gasteiger partial charge in [-0.3, -0.25) is 4.79 Å². The van der Waals surface area contributed by atoms with Gasteiger partial charge in [0, 0.05) is 18.8 Å². The van der Waals surface area contributed by atoms with Crippen LogP contribution in [0.5, 0.6) is 11.6 Å². The van der Waals surface area contributed by atoms with Crippen LogP contribution in [0.2, 0.25) is 0 Å². The minimum atomic E-state index is -0.324. The molecule has 0 aliphatic rings.